The molecule has 0 unspecified atom stereocenters. The summed E-state index contributed by atoms with van der Waals surface area (Å²) in [7, 11) is 2.01. The number of rotatable bonds is 6. The number of hydrogen-bond acceptors (Lipinski definition) is 6. The zero-order chi connectivity index (χ0) is 15.3. The van der Waals surface area contributed by atoms with E-state index in [0.717, 1.165) is 13.1 Å². The van der Waals surface area contributed by atoms with Crippen molar-refractivity contribution in [3.63, 3.8) is 0 Å². The average molecular weight is 299 g/mol. The Balaban J connectivity index is 2.60. The molecule has 1 amide bonds. The molecule has 1 aromatic heterocycles. The fourth-order valence-electron chi connectivity index (χ4n) is 1.47. The highest BCUT2D eigenvalue weighted by molar-refractivity contribution is 7.18. The molecule has 7 heteroatoms. The van der Waals surface area contributed by atoms with Crippen molar-refractivity contribution in [1.29, 1.82) is 0 Å². The highest BCUT2D eigenvalue weighted by atomic mass is 32.1. The normalized spacial score (nSPS) is 11.7. The molecule has 1 aromatic rings. The van der Waals surface area contributed by atoms with Crippen molar-refractivity contribution in [3.05, 3.63) is 4.88 Å². The van der Waals surface area contributed by atoms with Crippen LogP contribution in [0.4, 0.5) is 10.9 Å². The van der Waals surface area contributed by atoms with Gasteiger partial charge in [-0.2, -0.15) is 0 Å². The number of hydrogen-bond donors (Lipinski definition) is 3. The molecule has 0 aliphatic carbocycles. The molecule has 1 heterocycles. The zero-order valence-corrected chi connectivity index (χ0v) is 13.7. The molecule has 1 rings (SSSR count). The van der Waals surface area contributed by atoms with Gasteiger partial charge in [-0.25, -0.2) is 4.98 Å². The lowest BCUT2D eigenvalue weighted by molar-refractivity contribution is 0.0955. The number of thiazole rings is 1. The zero-order valence-electron chi connectivity index (χ0n) is 12.9. The predicted octanol–water partition coefficient (Wildman–Crippen LogP) is 1.62. The average Bonchev–Trinajstić information content (AvgIpc) is 2.67. The Morgan fingerprint density at radius 2 is 2.10 bits per heavy atom. The van der Waals surface area contributed by atoms with Gasteiger partial charge in [0.05, 0.1) is 0 Å². The van der Waals surface area contributed by atoms with E-state index in [4.69, 9.17) is 5.73 Å². The molecule has 20 heavy (non-hydrogen) atoms. The van der Waals surface area contributed by atoms with Crippen molar-refractivity contribution in [2.45, 2.75) is 33.2 Å². The maximum atomic E-state index is 12.0. The van der Waals surface area contributed by atoms with Crippen LogP contribution in [0.25, 0.3) is 0 Å². The summed E-state index contributed by atoms with van der Waals surface area (Å²) < 4.78 is 0. The summed E-state index contributed by atoms with van der Waals surface area (Å²) in [5.41, 5.74) is 5.70. The number of nitrogens with two attached hydrogens (primary N) is 1. The Hall–Kier alpha value is -1.34. The lowest BCUT2D eigenvalue weighted by Gasteiger charge is -2.19. The number of anilines is 2. The monoisotopic (exact) mass is 299 g/mol. The molecular weight excluding hydrogens is 274 g/mol. The van der Waals surface area contributed by atoms with Crippen LogP contribution in [0.3, 0.4) is 0 Å². The van der Waals surface area contributed by atoms with E-state index in [9.17, 15) is 4.79 Å². The van der Waals surface area contributed by atoms with Crippen LogP contribution in [0.5, 0.6) is 0 Å². The van der Waals surface area contributed by atoms with Gasteiger partial charge in [-0.05, 0) is 34.4 Å². The first kappa shape index (κ1) is 16.7. The first-order valence-corrected chi connectivity index (χ1v) is 7.56. The fraction of sp³-hybridized carbons (Fsp3) is 0.692. The van der Waals surface area contributed by atoms with Gasteiger partial charge in [0.2, 0.25) is 0 Å². The standard InChI is InChI=1S/C13H25N5OS/c1-6-18(5)8-7-15-11(19)9-10(14)16-12(20-9)17-13(2,3)4/h6-8,14H2,1-5H3,(H,15,19)(H,16,17). The topological polar surface area (TPSA) is 83.3 Å². The Morgan fingerprint density at radius 1 is 1.45 bits per heavy atom. The molecule has 0 aliphatic heterocycles. The van der Waals surface area contributed by atoms with Crippen LogP contribution in [-0.4, -0.2) is 48.0 Å². The van der Waals surface area contributed by atoms with E-state index in [2.05, 4.69) is 27.4 Å². The van der Waals surface area contributed by atoms with E-state index in [-0.39, 0.29) is 17.3 Å². The highest BCUT2D eigenvalue weighted by Gasteiger charge is 2.18. The summed E-state index contributed by atoms with van der Waals surface area (Å²) >= 11 is 1.29. The van der Waals surface area contributed by atoms with E-state index >= 15 is 0 Å². The first-order valence-electron chi connectivity index (χ1n) is 6.74. The Morgan fingerprint density at radius 3 is 2.65 bits per heavy atom. The predicted molar refractivity (Wildman–Crippen MR) is 85.4 cm³/mol. The van der Waals surface area contributed by atoms with Gasteiger partial charge < -0.3 is 21.3 Å². The summed E-state index contributed by atoms with van der Waals surface area (Å²) in [4.78, 5) is 18.8. The summed E-state index contributed by atoms with van der Waals surface area (Å²) in [6.45, 7) is 10.5. The van der Waals surface area contributed by atoms with Crippen LogP contribution in [0.1, 0.15) is 37.4 Å². The molecule has 114 valence electrons. The quantitative estimate of drug-likeness (QED) is 0.743. The molecule has 4 N–H and O–H groups in total. The Labute approximate surface area is 124 Å². The van der Waals surface area contributed by atoms with Crippen LogP contribution < -0.4 is 16.4 Å². The molecule has 0 radical (unpaired) electrons. The number of aromatic nitrogens is 1. The second-order valence-electron chi connectivity index (χ2n) is 5.76. The minimum Gasteiger partial charge on any atom is -0.382 e. The number of nitrogen functional groups attached to an aromatic ring is 1. The van der Waals surface area contributed by atoms with Crippen LogP contribution in [0.2, 0.25) is 0 Å². The van der Waals surface area contributed by atoms with Crippen molar-refractivity contribution in [3.8, 4) is 0 Å². The van der Waals surface area contributed by atoms with Crippen LogP contribution >= 0.6 is 11.3 Å². The van der Waals surface area contributed by atoms with Gasteiger partial charge in [-0.1, -0.05) is 18.3 Å². The van der Waals surface area contributed by atoms with E-state index in [1.807, 2.05) is 27.8 Å². The third kappa shape index (κ3) is 5.34. The van der Waals surface area contributed by atoms with E-state index < -0.39 is 0 Å². The minimum atomic E-state index is -0.161. The number of carbonyl (C=O) groups is 1. The number of nitrogens with zero attached hydrogens (tertiary/aromatic N) is 2. The van der Waals surface area contributed by atoms with Crippen molar-refractivity contribution < 1.29 is 4.79 Å². The number of amides is 1. The summed E-state index contributed by atoms with van der Waals surface area (Å²) in [5, 5.41) is 6.76. The maximum absolute atomic E-state index is 12.0. The number of likely N-dealkylation sites (N-methyl/N-ethyl adjacent to an activating group) is 1. The molecule has 0 saturated heterocycles. The molecule has 0 bridgehead atoms. The van der Waals surface area contributed by atoms with Gasteiger partial charge in [0, 0.05) is 18.6 Å². The van der Waals surface area contributed by atoms with Crippen molar-refractivity contribution in [2.24, 2.45) is 0 Å². The summed E-state index contributed by atoms with van der Waals surface area (Å²) in [5.74, 6) is 0.120. The van der Waals surface area contributed by atoms with Crippen molar-refractivity contribution in [2.75, 3.05) is 37.7 Å². The fourth-order valence-corrected chi connectivity index (χ4v) is 2.48. The van der Waals surface area contributed by atoms with Crippen molar-refractivity contribution in [1.82, 2.24) is 15.2 Å². The second kappa shape index (κ2) is 6.90. The third-order valence-electron chi connectivity index (χ3n) is 2.66. The first-order chi connectivity index (χ1) is 9.23. The van der Waals surface area contributed by atoms with E-state index in [0.29, 0.717) is 16.6 Å². The Bertz CT molecular complexity index is 452. The van der Waals surface area contributed by atoms with E-state index in [1.54, 1.807) is 0 Å². The SMILES string of the molecule is CCN(C)CCNC(=O)c1sc(NC(C)(C)C)nc1N. The smallest absolute Gasteiger partial charge is 0.265 e. The van der Waals surface area contributed by atoms with Gasteiger partial charge in [0.15, 0.2) is 5.13 Å². The molecule has 0 spiro atoms. The molecule has 0 atom stereocenters. The molecule has 0 fully saturated rings. The highest BCUT2D eigenvalue weighted by Crippen LogP contribution is 2.26. The number of carbonyl (C=O) groups excluding carboxylic acids is 1. The number of nitrogens with one attached hydrogen (secondary N) is 2. The molecule has 0 aliphatic rings. The van der Waals surface area contributed by atoms with Gasteiger partial charge in [-0.15, -0.1) is 0 Å². The molecule has 0 aromatic carbocycles. The van der Waals surface area contributed by atoms with Gasteiger partial charge in [0.1, 0.15) is 10.7 Å². The van der Waals surface area contributed by atoms with Gasteiger partial charge in [0.25, 0.3) is 5.91 Å². The lowest BCUT2D eigenvalue weighted by atomic mass is 10.1. The summed E-state index contributed by atoms with van der Waals surface area (Å²) in [6.07, 6.45) is 0. The van der Waals surface area contributed by atoms with Crippen molar-refractivity contribution >= 4 is 28.2 Å². The summed E-state index contributed by atoms with van der Waals surface area (Å²) in [6, 6.07) is 0. The van der Waals surface area contributed by atoms with Crippen LogP contribution in [-0.2, 0) is 0 Å². The van der Waals surface area contributed by atoms with Crippen LogP contribution in [0.15, 0.2) is 0 Å². The van der Waals surface area contributed by atoms with Crippen LogP contribution in [0, 0.1) is 0 Å². The molecular formula is C13H25N5OS. The van der Waals surface area contributed by atoms with E-state index in [1.165, 1.54) is 11.3 Å². The second-order valence-corrected chi connectivity index (χ2v) is 6.76. The minimum absolute atomic E-state index is 0.109. The third-order valence-corrected chi connectivity index (χ3v) is 3.65. The van der Waals surface area contributed by atoms with Gasteiger partial charge in [-0.3, -0.25) is 4.79 Å². The molecule has 6 nitrogen and oxygen atoms in total. The largest absolute Gasteiger partial charge is 0.382 e. The Kier molecular flexibility index (Phi) is 5.76. The lowest BCUT2D eigenvalue weighted by Crippen LogP contribution is -2.32. The maximum Gasteiger partial charge on any atom is 0.265 e. The van der Waals surface area contributed by atoms with Gasteiger partial charge >= 0.3 is 0 Å². The molecule has 0 saturated carbocycles.